The SMILES string of the molecule is CCC1CCNC(C(=O)NCC2(C)CCN(C)CC2)C1. The van der Waals surface area contributed by atoms with Gasteiger partial charge in [0, 0.05) is 6.54 Å². The van der Waals surface area contributed by atoms with Crippen molar-refractivity contribution in [3.8, 4) is 0 Å². The van der Waals surface area contributed by atoms with Gasteiger partial charge >= 0.3 is 0 Å². The Balaban J connectivity index is 1.77. The van der Waals surface area contributed by atoms with Gasteiger partial charge in [0.15, 0.2) is 0 Å². The summed E-state index contributed by atoms with van der Waals surface area (Å²) < 4.78 is 0. The van der Waals surface area contributed by atoms with Crippen LogP contribution in [-0.4, -0.2) is 50.1 Å². The smallest absolute Gasteiger partial charge is 0.237 e. The molecule has 0 spiro atoms. The minimum absolute atomic E-state index is 0.0311. The number of amides is 1. The van der Waals surface area contributed by atoms with Gasteiger partial charge in [0.2, 0.25) is 5.91 Å². The molecule has 1 amide bonds. The van der Waals surface area contributed by atoms with Gasteiger partial charge in [0.1, 0.15) is 0 Å². The Labute approximate surface area is 123 Å². The maximum atomic E-state index is 12.3. The van der Waals surface area contributed by atoms with Crippen LogP contribution >= 0.6 is 0 Å². The van der Waals surface area contributed by atoms with Crippen molar-refractivity contribution in [2.24, 2.45) is 11.3 Å². The second kappa shape index (κ2) is 6.90. The normalized spacial score (nSPS) is 30.9. The molecule has 0 aromatic rings. The fraction of sp³-hybridized carbons (Fsp3) is 0.938. The maximum Gasteiger partial charge on any atom is 0.237 e. The highest BCUT2D eigenvalue weighted by molar-refractivity contribution is 5.81. The van der Waals surface area contributed by atoms with Crippen molar-refractivity contribution >= 4 is 5.91 Å². The molecule has 2 heterocycles. The lowest BCUT2D eigenvalue weighted by atomic mass is 9.80. The van der Waals surface area contributed by atoms with Crippen LogP contribution < -0.4 is 10.6 Å². The predicted octanol–water partition coefficient (Wildman–Crippen LogP) is 1.61. The van der Waals surface area contributed by atoms with E-state index in [9.17, 15) is 4.79 Å². The molecule has 2 fully saturated rings. The minimum atomic E-state index is 0.0311. The summed E-state index contributed by atoms with van der Waals surface area (Å²) in [6.07, 6.45) is 5.76. The molecule has 0 saturated carbocycles. The van der Waals surface area contributed by atoms with Crippen LogP contribution in [0.5, 0.6) is 0 Å². The number of piperidine rings is 2. The number of nitrogens with zero attached hydrogens (tertiary/aromatic N) is 1. The summed E-state index contributed by atoms with van der Waals surface area (Å²) >= 11 is 0. The molecule has 0 aromatic heterocycles. The van der Waals surface area contributed by atoms with E-state index in [1.165, 1.54) is 25.7 Å². The summed E-state index contributed by atoms with van der Waals surface area (Å²) in [6.45, 7) is 8.64. The van der Waals surface area contributed by atoms with Crippen LogP contribution in [0.25, 0.3) is 0 Å². The van der Waals surface area contributed by atoms with Crippen molar-refractivity contribution in [2.75, 3.05) is 33.2 Å². The van der Waals surface area contributed by atoms with E-state index in [0.717, 1.165) is 32.6 Å². The third-order valence-electron chi connectivity index (χ3n) is 5.29. The zero-order chi connectivity index (χ0) is 14.6. The third-order valence-corrected chi connectivity index (χ3v) is 5.29. The summed E-state index contributed by atoms with van der Waals surface area (Å²) in [5, 5.41) is 6.57. The van der Waals surface area contributed by atoms with Crippen LogP contribution in [-0.2, 0) is 4.79 Å². The topological polar surface area (TPSA) is 44.4 Å². The second-order valence-electron chi connectivity index (χ2n) is 7.14. The van der Waals surface area contributed by atoms with Gasteiger partial charge in [-0.2, -0.15) is 0 Å². The van der Waals surface area contributed by atoms with Crippen LogP contribution in [0, 0.1) is 11.3 Å². The van der Waals surface area contributed by atoms with E-state index in [1.807, 2.05) is 0 Å². The van der Waals surface area contributed by atoms with E-state index in [2.05, 4.69) is 36.4 Å². The highest BCUT2D eigenvalue weighted by Crippen LogP contribution is 2.29. The lowest BCUT2D eigenvalue weighted by Gasteiger charge is -2.38. The van der Waals surface area contributed by atoms with E-state index in [1.54, 1.807) is 0 Å². The fourth-order valence-electron chi connectivity index (χ4n) is 3.33. The first-order chi connectivity index (χ1) is 9.52. The molecule has 2 N–H and O–H groups in total. The predicted molar refractivity (Wildman–Crippen MR) is 82.7 cm³/mol. The summed E-state index contributed by atoms with van der Waals surface area (Å²) in [7, 11) is 2.18. The molecule has 116 valence electrons. The average molecular weight is 281 g/mol. The van der Waals surface area contributed by atoms with Gasteiger partial charge in [0.05, 0.1) is 6.04 Å². The molecule has 4 nitrogen and oxygen atoms in total. The molecular formula is C16H31N3O. The monoisotopic (exact) mass is 281 g/mol. The lowest BCUT2D eigenvalue weighted by Crippen LogP contribution is -2.51. The van der Waals surface area contributed by atoms with Gasteiger partial charge in [-0.05, 0) is 63.7 Å². The number of carbonyl (C=O) groups excluding carboxylic acids is 1. The van der Waals surface area contributed by atoms with Crippen molar-refractivity contribution in [1.29, 1.82) is 0 Å². The molecule has 20 heavy (non-hydrogen) atoms. The van der Waals surface area contributed by atoms with E-state index < -0.39 is 0 Å². The number of carbonyl (C=O) groups is 1. The molecule has 2 rings (SSSR count). The summed E-state index contributed by atoms with van der Waals surface area (Å²) in [5.41, 5.74) is 0.279. The molecule has 2 aliphatic rings. The van der Waals surface area contributed by atoms with E-state index >= 15 is 0 Å². The van der Waals surface area contributed by atoms with Gasteiger partial charge < -0.3 is 15.5 Å². The standard InChI is InChI=1S/C16H31N3O/c1-4-13-5-8-17-14(11-13)15(20)18-12-16(2)6-9-19(3)10-7-16/h13-14,17H,4-12H2,1-3H3,(H,18,20). The Hall–Kier alpha value is -0.610. The van der Waals surface area contributed by atoms with Gasteiger partial charge in [-0.3, -0.25) is 4.79 Å². The first-order valence-electron chi connectivity index (χ1n) is 8.22. The molecule has 0 aliphatic carbocycles. The second-order valence-corrected chi connectivity index (χ2v) is 7.14. The zero-order valence-electron chi connectivity index (χ0n) is 13.4. The van der Waals surface area contributed by atoms with E-state index in [-0.39, 0.29) is 17.4 Å². The van der Waals surface area contributed by atoms with Crippen molar-refractivity contribution < 1.29 is 4.79 Å². The summed E-state index contributed by atoms with van der Waals surface area (Å²) in [6, 6.07) is 0.0311. The number of rotatable bonds is 4. The van der Waals surface area contributed by atoms with Crippen LogP contribution in [0.3, 0.4) is 0 Å². The quantitative estimate of drug-likeness (QED) is 0.823. The largest absolute Gasteiger partial charge is 0.354 e. The Kier molecular flexibility index (Phi) is 5.44. The molecule has 2 saturated heterocycles. The molecule has 0 aromatic carbocycles. The van der Waals surface area contributed by atoms with Crippen molar-refractivity contribution in [2.45, 2.75) is 52.0 Å². The molecule has 2 unspecified atom stereocenters. The highest BCUT2D eigenvalue weighted by Gasteiger charge is 2.31. The third kappa shape index (κ3) is 4.19. The Bertz CT molecular complexity index is 324. The summed E-state index contributed by atoms with van der Waals surface area (Å²) in [5.74, 6) is 0.925. The highest BCUT2D eigenvalue weighted by atomic mass is 16.2. The molecule has 0 radical (unpaired) electrons. The van der Waals surface area contributed by atoms with Gasteiger partial charge in [-0.15, -0.1) is 0 Å². The average Bonchev–Trinajstić information content (AvgIpc) is 2.48. The number of hydrogen-bond acceptors (Lipinski definition) is 3. The van der Waals surface area contributed by atoms with Gasteiger partial charge in [-0.1, -0.05) is 20.3 Å². The van der Waals surface area contributed by atoms with Crippen LogP contribution in [0.15, 0.2) is 0 Å². The molecule has 0 bridgehead atoms. The fourth-order valence-corrected chi connectivity index (χ4v) is 3.33. The van der Waals surface area contributed by atoms with E-state index in [4.69, 9.17) is 0 Å². The molecule has 4 heteroatoms. The Morgan fingerprint density at radius 2 is 2.10 bits per heavy atom. The Morgan fingerprint density at radius 1 is 1.40 bits per heavy atom. The molecule has 2 atom stereocenters. The van der Waals surface area contributed by atoms with E-state index in [0.29, 0.717) is 5.92 Å². The first-order valence-corrected chi connectivity index (χ1v) is 8.22. The molecular weight excluding hydrogens is 250 g/mol. The maximum absolute atomic E-state index is 12.3. The zero-order valence-corrected chi connectivity index (χ0v) is 13.4. The van der Waals surface area contributed by atoms with Crippen molar-refractivity contribution in [3.05, 3.63) is 0 Å². The van der Waals surface area contributed by atoms with Gasteiger partial charge in [0.25, 0.3) is 0 Å². The number of likely N-dealkylation sites (tertiary alicyclic amines) is 1. The lowest BCUT2D eigenvalue weighted by molar-refractivity contribution is -0.124. The number of nitrogens with one attached hydrogen (secondary N) is 2. The van der Waals surface area contributed by atoms with Crippen molar-refractivity contribution in [3.63, 3.8) is 0 Å². The minimum Gasteiger partial charge on any atom is -0.354 e. The van der Waals surface area contributed by atoms with Gasteiger partial charge in [-0.25, -0.2) is 0 Å². The van der Waals surface area contributed by atoms with Crippen LogP contribution in [0.2, 0.25) is 0 Å². The number of hydrogen-bond donors (Lipinski definition) is 2. The Morgan fingerprint density at radius 3 is 2.75 bits per heavy atom. The summed E-state index contributed by atoms with van der Waals surface area (Å²) in [4.78, 5) is 14.7. The van der Waals surface area contributed by atoms with Crippen molar-refractivity contribution in [1.82, 2.24) is 15.5 Å². The van der Waals surface area contributed by atoms with Crippen LogP contribution in [0.4, 0.5) is 0 Å². The first kappa shape index (κ1) is 15.8. The van der Waals surface area contributed by atoms with Crippen LogP contribution in [0.1, 0.15) is 46.0 Å². The molecule has 2 aliphatic heterocycles.